The van der Waals surface area contributed by atoms with E-state index in [-0.39, 0.29) is 47.1 Å². The van der Waals surface area contributed by atoms with Gasteiger partial charge in [0.25, 0.3) is 5.56 Å². The van der Waals surface area contributed by atoms with Gasteiger partial charge in [-0.05, 0) is 18.2 Å². The van der Waals surface area contributed by atoms with Crippen LogP contribution in [0.2, 0.25) is 5.15 Å². The lowest BCUT2D eigenvalue weighted by atomic mass is 10.1. The molecule has 5 rings (SSSR count). The van der Waals surface area contributed by atoms with Crippen molar-refractivity contribution < 1.29 is 22.3 Å². The third-order valence-corrected chi connectivity index (χ3v) is 5.74. The van der Waals surface area contributed by atoms with Gasteiger partial charge >= 0.3 is 6.18 Å². The van der Waals surface area contributed by atoms with Crippen LogP contribution in [0, 0.1) is 17.1 Å². The lowest BCUT2D eigenvalue weighted by Gasteiger charge is -2.39. The van der Waals surface area contributed by atoms with E-state index in [0.717, 1.165) is 13.1 Å². The van der Waals surface area contributed by atoms with Crippen LogP contribution < -0.4 is 15.2 Å². The zero-order valence-corrected chi connectivity index (χ0v) is 19.4. The number of ether oxygens (including phenoxy) is 1. The maximum absolute atomic E-state index is 14.9. The van der Waals surface area contributed by atoms with Crippen LogP contribution in [0.4, 0.5) is 23.5 Å². The van der Waals surface area contributed by atoms with E-state index in [0.29, 0.717) is 10.3 Å². The average molecular weight is 533 g/mol. The molecule has 15 heteroatoms. The van der Waals surface area contributed by atoms with E-state index in [2.05, 4.69) is 25.1 Å². The van der Waals surface area contributed by atoms with Gasteiger partial charge in [-0.3, -0.25) is 9.36 Å². The highest BCUT2D eigenvalue weighted by Crippen LogP contribution is 2.33. The van der Waals surface area contributed by atoms with Crippen LogP contribution in [0.5, 0.6) is 5.75 Å². The number of hydrogen-bond donors (Lipinski definition) is 0. The minimum Gasteiger partial charge on any atom is -0.485 e. The van der Waals surface area contributed by atoms with Gasteiger partial charge in [0.05, 0.1) is 30.9 Å². The molecule has 4 aromatic rings. The molecule has 37 heavy (non-hydrogen) atoms. The number of rotatable bonds is 4. The number of aromatic nitrogens is 6. The van der Waals surface area contributed by atoms with Crippen molar-refractivity contribution in [1.29, 1.82) is 5.26 Å². The monoisotopic (exact) mass is 532 g/mol. The van der Waals surface area contributed by atoms with Crippen LogP contribution in [0.3, 0.4) is 0 Å². The molecule has 0 aliphatic carbocycles. The van der Waals surface area contributed by atoms with Crippen LogP contribution in [0.25, 0.3) is 22.3 Å². The van der Waals surface area contributed by atoms with E-state index in [9.17, 15) is 22.4 Å². The van der Waals surface area contributed by atoms with Crippen LogP contribution in [0.1, 0.15) is 11.4 Å². The second-order valence-corrected chi connectivity index (χ2v) is 8.42. The molecular formula is C22H13ClF4N8O2. The minimum atomic E-state index is -4.96. The topological polar surface area (TPSA) is 123 Å². The number of hydrogen-bond acceptors (Lipinski definition) is 9. The lowest BCUT2D eigenvalue weighted by Crippen LogP contribution is -2.54. The molecule has 0 saturated carbocycles. The van der Waals surface area contributed by atoms with Crippen molar-refractivity contribution in [1.82, 2.24) is 29.7 Å². The first-order chi connectivity index (χ1) is 17.5. The first-order valence-electron chi connectivity index (χ1n) is 10.5. The summed E-state index contributed by atoms with van der Waals surface area (Å²) >= 11 is 5.80. The summed E-state index contributed by atoms with van der Waals surface area (Å²) < 4.78 is 61.7. The first-order valence-corrected chi connectivity index (χ1v) is 10.9. The van der Waals surface area contributed by atoms with Crippen LogP contribution in [0.15, 0.2) is 35.3 Å². The average Bonchev–Trinajstić information content (AvgIpc) is 2.82. The number of nitriles is 1. The molecule has 1 fully saturated rings. The quantitative estimate of drug-likeness (QED) is 0.365. The Bertz CT molecular complexity index is 1650. The molecule has 0 atom stereocenters. The van der Waals surface area contributed by atoms with Crippen molar-refractivity contribution in [3.05, 3.63) is 63.2 Å². The second-order valence-electron chi connectivity index (χ2n) is 8.03. The molecule has 1 aliphatic rings. The highest BCUT2D eigenvalue weighted by Gasteiger charge is 2.38. The first kappa shape index (κ1) is 24.3. The summed E-state index contributed by atoms with van der Waals surface area (Å²) in [6.07, 6.45) is -3.93. The molecule has 0 unspecified atom stereocenters. The normalized spacial score (nSPS) is 13.9. The third-order valence-electron chi connectivity index (χ3n) is 5.55. The third kappa shape index (κ3) is 4.49. The lowest BCUT2D eigenvalue weighted by molar-refractivity contribution is -0.147. The van der Waals surface area contributed by atoms with E-state index in [1.165, 1.54) is 24.4 Å². The van der Waals surface area contributed by atoms with Crippen molar-refractivity contribution in [3.8, 4) is 23.1 Å². The summed E-state index contributed by atoms with van der Waals surface area (Å²) in [7, 11) is 0.919. The Hall–Kier alpha value is -4.38. The molecule has 3 aromatic heterocycles. The second kappa shape index (κ2) is 8.93. The van der Waals surface area contributed by atoms with Gasteiger partial charge in [0.15, 0.2) is 10.7 Å². The number of alkyl halides is 3. The minimum absolute atomic E-state index is 0.00636. The Morgan fingerprint density at radius 1 is 1.16 bits per heavy atom. The fourth-order valence-corrected chi connectivity index (χ4v) is 3.90. The SMILES string of the molecule is Cn1c(C(F)(F)F)nc2c(-c3ccc(C#N)cc3F)nc(N3CC(Oc4cnnc(Cl)c4)C3)nc2c1=O. The smallest absolute Gasteiger partial charge is 0.449 e. The maximum Gasteiger partial charge on any atom is 0.449 e. The Balaban J connectivity index is 1.60. The van der Waals surface area contributed by atoms with Gasteiger partial charge in [0, 0.05) is 18.7 Å². The summed E-state index contributed by atoms with van der Waals surface area (Å²) in [5, 5.41) is 16.5. The molecule has 10 nitrogen and oxygen atoms in total. The van der Waals surface area contributed by atoms with Gasteiger partial charge in [-0.25, -0.2) is 19.3 Å². The van der Waals surface area contributed by atoms with Gasteiger partial charge in [0.1, 0.15) is 28.9 Å². The fourth-order valence-electron chi connectivity index (χ4n) is 3.75. The zero-order chi connectivity index (χ0) is 26.5. The summed E-state index contributed by atoms with van der Waals surface area (Å²) in [4.78, 5) is 26.6. The molecule has 4 heterocycles. The number of halogens is 5. The molecule has 1 saturated heterocycles. The summed E-state index contributed by atoms with van der Waals surface area (Å²) in [5.74, 6) is -2.07. The number of fused-ring (bicyclic) bond motifs is 1. The molecule has 1 aromatic carbocycles. The van der Waals surface area contributed by atoms with Crippen LogP contribution in [-0.2, 0) is 13.2 Å². The van der Waals surface area contributed by atoms with Gasteiger partial charge in [-0.2, -0.15) is 23.5 Å². The molecule has 0 spiro atoms. The molecule has 0 bridgehead atoms. The zero-order valence-electron chi connectivity index (χ0n) is 18.7. The highest BCUT2D eigenvalue weighted by atomic mass is 35.5. The van der Waals surface area contributed by atoms with Crippen molar-refractivity contribution in [2.24, 2.45) is 7.05 Å². The molecule has 0 radical (unpaired) electrons. The molecule has 0 N–H and O–H groups in total. The van der Waals surface area contributed by atoms with E-state index < -0.39 is 34.4 Å². The number of nitrogens with zero attached hydrogens (tertiary/aromatic N) is 8. The predicted molar refractivity (Wildman–Crippen MR) is 121 cm³/mol. The molecule has 0 amide bonds. The summed E-state index contributed by atoms with van der Waals surface area (Å²) in [6, 6.07) is 6.63. The Labute approximate surface area is 209 Å². The Kier molecular flexibility index (Phi) is 5.87. The van der Waals surface area contributed by atoms with E-state index in [1.54, 1.807) is 11.0 Å². The van der Waals surface area contributed by atoms with Gasteiger partial charge in [-0.1, -0.05) is 11.6 Å². The van der Waals surface area contributed by atoms with E-state index >= 15 is 0 Å². The Morgan fingerprint density at radius 2 is 1.92 bits per heavy atom. The van der Waals surface area contributed by atoms with Crippen molar-refractivity contribution in [3.63, 3.8) is 0 Å². The maximum atomic E-state index is 14.9. The largest absolute Gasteiger partial charge is 0.485 e. The van der Waals surface area contributed by atoms with Crippen molar-refractivity contribution in [2.75, 3.05) is 18.0 Å². The van der Waals surface area contributed by atoms with Crippen molar-refractivity contribution in [2.45, 2.75) is 12.3 Å². The van der Waals surface area contributed by atoms with Crippen LogP contribution in [-0.4, -0.2) is 48.9 Å². The standard InChI is InChI=1S/C22H13ClF4N8O2/c1-34-19(36)18-17(30-20(34)22(25,26)27)16(13-3-2-10(6-28)4-14(13)24)31-21(32-18)35-8-12(9-35)37-11-5-15(23)33-29-7-11/h2-5,7,12H,8-9H2,1H3. The summed E-state index contributed by atoms with van der Waals surface area (Å²) in [6.45, 7) is 0.490. The van der Waals surface area contributed by atoms with E-state index in [4.69, 9.17) is 21.6 Å². The van der Waals surface area contributed by atoms with Crippen LogP contribution >= 0.6 is 11.6 Å². The highest BCUT2D eigenvalue weighted by molar-refractivity contribution is 6.29. The molecule has 188 valence electrons. The predicted octanol–water partition coefficient (Wildman–Crippen LogP) is 3.13. The van der Waals surface area contributed by atoms with Crippen molar-refractivity contribution >= 4 is 28.6 Å². The molecular weight excluding hydrogens is 520 g/mol. The Morgan fingerprint density at radius 3 is 2.57 bits per heavy atom. The molecule has 1 aliphatic heterocycles. The van der Waals surface area contributed by atoms with Gasteiger partial charge in [0.2, 0.25) is 11.8 Å². The van der Waals surface area contributed by atoms with E-state index in [1.807, 2.05) is 0 Å². The van der Waals surface area contributed by atoms with Gasteiger partial charge < -0.3 is 9.64 Å². The fraction of sp³-hybridized carbons (Fsp3) is 0.227. The van der Waals surface area contributed by atoms with Gasteiger partial charge in [-0.15, -0.1) is 5.10 Å². The summed E-state index contributed by atoms with van der Waals surface area (Å²) in [5.41, 5.74) is -2.59. The number of benzene rings is 1. The number of anilines is 1.